The van der Waals surface area contributed by atoms with Gasteiger partial charge in [-0.3, -0.25) is 14.6 Å². The van der Waals surface area contributed by atoms with E-state index in [1.165, 1.54) is 29.7 Å². The second-order valence-corrected chi connectivity index (χ2v) is 8.56. The second-order valence-electron chi connectivity index (χ2n) is 8.56. The highest BCUT2D eigenvalue weighted by Gasteiger charge is 2.13. The van der Waals surface area contributed by atoms with Gasteiger partial charge in [0.25, 0.3) is 0 Å². The summed E-state index contributed by atoms with van der Waals surface area (Å²) in [5, 5.41) is 0. The van der Waals surface area contributed by atoms with Crippen molar-refractivity contribution >= 4 is 37.6 Å². The highest BCUT2D eigenvalue weighted by Crippen LogP contribution is 2.20. The van der Waals surface area contributed by atoms with Gasteiger partial charge in [-0.1, -0.05) is 83.5 Å². The third kappa shape index (κ3) is 13.9. The Balaban J connectivity index is 0. The molecular formula is C33H49BFN2O2S. The predicted octanol–water partition coefficient (Wildman–Crippen LogP) is 7.60. The number of nitrogens with two attached hydrogens (primary N) is 1. The molecule has 3 aromatic rings. The Morgan fingerprint density at radius 3 is 2.02 bits per heavy atom. The number of aromatic nitrogens is 1. The Hall–Kier alpha value is -2.93. The van der Waals surface area contributed by atoms with E-state index in [0.29, 0.717) is 0 Å². The fourth-order valence-electron chi connectivity index (χ4n) is 3.88. The monoisotopic (exact) mass is 567 g/mol. The van der Waals surface area contributed by atoms with Gasteiger partial charge in [-0.2, -0.15) is 12.6 Å². The van der Waals surface area contributed by atoms with Gasteiger partial charge in [-0.25, -0.2) is 4.39 Å². The number of Topliss-reactive ketones (excluding diaryl/α,β-unsaturated/α-hetero) is 1. The molecule has 1 amide bonds. The summed E-state index contributed by atoms with van der Waals surface area (Å²) >= 11 is 3.53. The van der Waals surface area contributed by atoms with Crippen molar-refractivity contribution in [3.63, 3.8) is 0 Å². The van der Waals surface area contributed by atoms with E-state index in [-0.39, 0.29) is 18.0 Å². The number of primary amides is 1. The van der Waals surface area contributed by atoms with Gasteiger partial charge in [-0.05, 0) is 86.4 Å². The molecule has 219 valence electrons. The number of hydrogen-bond donors (Lipinski definition) is 2. The highest BCUT2D eigenvalue weighted by molar-refractivity contribution is 7.79. The number of carbonyl (C=O) groups is 2. The average molecular weight is 568 g/mol. The smallest absolute Gasteiger partial charge is 0.204 e. The Kier molecular flexibility index (Phi) is 23.5. The molecule has 0 saturated heterocycles. The molecule has 1 heterocycles. The van der Waals surface area contributed by atoms with E-state index in [1.807, 2.05) is 26.0 Å². The molecule has 0 aliphatic carbocycles. The minimum Gasteiger partial charge on any atom is -0.372 e. The molecule has 0 spiro atoms. The van der Waals surface area contributed by atoms with E-state index in [4.69, 9.17) is 9.78 Å². The first-order valence-corrected chi connectivity index (χ1v) is 15.0. The number of benzene rings is 2. The van der Waals surface area contributed by atoms with E-state index in [2.05, 4.69) is 72.4 Å². The largest absolute Gasteiger partial charge is 0.372 e. The number of aryl methyl sites for hydroxylation is 4. The molecule has 40 heavy (non-hydrogen) atoms. The van der Waals surface area contributed by atoms with Crippen LogP contribution in [0.5, 0.6) is 0 Å². The van der Waals surface area contributed by atoms with E-state index in [0.717, 1.165) is 59.1 Å². The maximum absolute atomic E-state index is 13.4. The summed E-state index contributed by atoms with van der Waals surface area (Å²) in [6.45, 7) is 16.2. The van der Waals surface area contributed by atoms with Crippen LogP contribution in [-0.4, -0.2) is 30.7 Å². The van der Waals surface area contributed by atoms with E-state index in [9.17, 15) is 9.18 Å². The predicted molar refractivity (Wildman–Crippen MR) is 176 cm³/mol. The second kappa shape index (κ2) is 23.9. The van der Waals surface area contributed by atoms with Crippen LogP contribution in [0.2, 0.25) is 6.32 Å². The third-order valence-corrected chi connectivity index (χ3v) is 5.44. The van der Waals surface area contributed by atoms with Gasteiger partial charge in [0.15, 0.2) is 13.1 Å². The quantitative estimate of drug-likeness (QED) is 0.127. The van der Waals surface area contributed by atoms with Gasteiger partial charge in [0, 0.05) is 11.3 Å². The summed E-state index contributed by atoms with van der Waals surface area (Å²) in [7, 11) is 2.18. The van der Waals surface area contributed by atoms with Crippen molar-refractivity contribution in [3.8, 4) is 11.3 Å². The molecule has 3 rings (SSSR count). The maximum Gasteiger partial charge on any atom is 0.204 e. The first kappa shape index (κ1) is 39.2. The molecule has 4 nitrogen and oxygen atoms in total. The number of rotatable bonds is 8. The average Bonchev–Trinajstić information content (AvgIpc) is 2.96. The Labute approximate surface area is 249 Å². The minimum absolute atomic E-state index is 0.113. The lowest BCUT2D eigenvalue weighted by molar-refractivity contribution is -0.106. The summed E-state index contributed by atoms with van der Waals surface area (Å²) in [5.74, 6) is -0.129. The van der Waals surface area contributed by atoms with Crippen LogP contribution in [0.15, 0.2) is 48.5 Å². The lowest BCUT2D eigenvalue weighted by atomic mass is 9.64. The van der Waals surface area contributed by atoms with Gasteiger partial charge in [0.05, 0.1) is 5.69 Å². The van der Waals surface area contributed by atoms with Crippen LogP contribution in [-0.2, 0) is 24.1 Å². The normalized spacial score (nSPS) is 9.18. The van der Waals surface area contributed by atoms with Gasteiger partial charge >= 0.3 is 0 Å². The molecule has 0 fully saturated rings. The molecule has 2 aromatic carbocycles. The Bertz CT molecular complexity index is 1120. The van der Waals surface area contributed by atoms with Crippen LogP contribution in [0.1, 0.15) is 87.6 Å². The number of hydrogen-bond acceptors (Lipinski definition) is 4. The van der Waals surface area contributed by atoms with Crippen LogP contribution in [0, 0.1) is 12.7 Å². The molecule has 7 heteroatoms. The van der Waals surface area contributed by atoms with Crippen LogP contribution in [0.25, 0.3) is 11.3 Å². The van der Waals surface area contributed by atoms with Crippen LogP contribution in [0.3, 0.4) is 0 Å². The number of halogens is 1. The number of carbonyl (C=O) groups excluding carboxylic acids is 2. The van der Waals surface area contributed by atoms with Crippen LogP contribution >= 0.6 is 12.6 Å². The summed E-state index contributed by atoms with van der Waals surface area (Å²) in [6.07, 6.45) is 6.62. The summed E-state index contributed by atoms with van der Waals surface area (Å²) < 4.78 is 13.4. The molecule has 1 aromatic heterocycles. The molecule has 0 saturated carbocycles. The maximum atomic E-state index is 13.4. The number of nitrogens with zero attached hydrogens (tertiary/aromatic N) is 1. The SMILES string of the molecule is CC.CCC.CC[B]c1c(C)cc(CCc2ccc(C(C)=O)c(CC)c2)nc1-c1ccc(F)cc1.CS.NC=O. The molecule has 2 N–H and O–H groups in total. The first-order valence-electron chi connectivity index (χ1n) is 14.1. The molecule has 0 aliphatic rings. The van der Waals surface area contributed by atoms with E-state index < -0.39 is 0 Å². The first-order chi connectivity index (χ1) is 19.3. The fraction of sp³-hybridized carbons (Fsp3) is 0.424. The van der Waals surface area contributed by atoms with Gasteiger partial charge in [0.2, 0.25) is 6.41 Å². The number of thiol groups is 1. The Morgan fingerprint density at radius 1 is 1.00 bits per heavy atom. The molecular weight excluding hydrogens is 518 g/mol. The van der Waals surface area contributed by atoms with Gasteiger partial charge < -0.3 is 5.73 Å². The van der Waals surface area contributed by atoms with Crippen molar-refractivity contribution in [3.05, 3.63) is 82.3 Å². The fourth-order valence-corrected chi connectivity index (χ4v) is 3.88. The number of ketones is 1. The Morgan fingerprint density at radius 2 is 1.55 bits per heavy atom. The minimum atomic E-state index is -0.242. The molecule has 1 radical (unpaired) electrons. The third-order valence-electron chi connectivity index (χ3n) is 5.44. The van der Waals surface area contributed by atoms with Gasteiger partial charge in [0.1, 0.15) is 5.82 Å². The summed E-state index contributed by atoms with van der Waals surface area (Å²) in [5.41, 5.74) is 12.5. The molecule has 0 bridgehead atoms. The molecule has 0 unspecified atom stereocenters. The zero-order valence-corrected chi connectivity index (χ0v) is 26.9. The lowest BCUT2D eigenvalue weighted by Crippen LogP contribution is -2.22. The standard InChI is InChI=1S/C26H28BFNO.C3H8.C2H6.CH3NO.CH4S/c1-5-20-16-19(8-14-24(20)18(4)30)7-13-23-15-17(3)25(27-6-2)26(29-23)21-9-11-22(28)12-10-21;1-3-2;1-2;2-1-3;1-2/h8-12,14-16H,5-7,13H2,1-4H3;3H2,1-2H3;1-2H3;1H,(H2,2,3);2H,1H3. The van der Waals surface area contributed by atoms with E-state index in [1.54, 1.807) is 25.3 Å². The van der Waals surface area contributed by atoms with Crippen molar-refractivity contribution in [2.75, 3.05) is 6.26 Å². The molecule has 0 atom stereocenters. The van der Waals surface area contributed by atoms with Crippen LogP contribution in [0.4, 0.5) is 4.39 Å². The zero-order valence-electron chi connectivity index (χ0n) is 26.0. The molecule has 0 aliphatic heterocycles. The van der Waals surface area contributed by atoms with Crippen molar-refractivity contribution in [1.29, 1.82) is 0 Å². The summed E-state index contributed by atoms with van der Waals surface area (Å²) in [4.78, 5) is 25.3. The zero-order chi connectivity index (χ0) is 31.1. The number of pyridine rings is 1. The summed E-state index contributed by atoms with van der Waals surface area (Å²) in [6, 6.07) is 14.8. The number of amides is 1. The van der Waals surface area contributed by atoms with Crippen molar-refractivity contribution in [2.24, 2.45) is 5.73 Å². The van der Waals surface area contributed by atoms with Gasteiger partial charge in [-0.15, -0.1) is 0 Å². The van der Waals surface area contributed by atoms with Crippen LogP contribution < -0.4 is 11.2 Å². The van der Waals surface area contributed by atoms with Crippen molar-refractivity contribution in [1.82, 2.24) is 4.98 Å². The topological polar surface area (TPSA) is 73.1 Å². The van der Waals surface area contributed by atoms with E-state index >= 15 is 0 Å². The highest BCUT2D eigenvalue weighted by atomic mass is 32.1. The van der Waals surface area contributed by atoms with Crippen molar-refractivity contribution in [2.45, 2.75) is 87.4 Å². The van der Waals surface area contributed by atoms with Crippen molar-refractivity contribution < 1.29 is 14.0 Å². The lowest BCUT2D eigenvalue weighted by Gasteiger charge is -2.15.